The van der Waals surface area contributed by atoms with Crippen molar-refractivity contribution in [2.75, 3.05) is 31.5 Å². The number of carbonyl (C=O) groups is 2. The summed E-state index contributed by atoms with van der Waals surface area (Å²) < 4.78 is 13.1. The van der Waals surface area contributed by atoms with Crippen molar-refractivity contribution in [1.29, 1.82) is 0 Å². The summed E-state index contributed by atoms with van der Waals surface area (Å²) in [5.74, 6) is -0.800. The molecule has 0 aliphatic carbocycles. The molecule has 1 N–H and O–H groups in total. The van der Waals surface area contributed by atoms with E-state index >= 15 is 0 Å². The molecule has 10 heteroatoms. The molecular weight excluding hydrogens is 513 g/mol. The van der Waals surface area contributed by atoms with Crippen molar-refractivity contribution in [1.82, 2.24) is 14.8 Å². The first kappa shape index (κ1) is 26.6. The number of non-ortho nitro benzene ring substituents is 1. The van der Waals surface area contributed by atoms with Crippen molar-refractivity contribution in [2.45, 2.75) is 6.54 Å². The lowest BCUT2D eigenvalue weighted by molar-refractivity contribution is -0.384. The van der Waals surface area contributed by atoms with Crippen molar-refractivity contribution >= 4 is 23.2 Å². The Bertz CT molecular complexity index is 1500. The first-order valence-electron chi connectivity index (χ1n) is 12.7. The van der Waals surface area contributed by atoms with Gasteiger partial charge in [0.1, 0.15) is 11.5 Å². The van der Waals surface area contributed by atoms with E-state index in [0.717, 1.165) is 16.7 Å². The summed E-state index contributed by atoms with van der Waals surface area (Å²) in [5.41, 5.74) is 3.88. The van der Waals surface area contributed by atoms with E-state index in [2.05, 4.69) is 15.2 Å². The fourth-order valence-corrected chi connectivity index (χ4v) is 4.51. The van der Waals surface area contributed by atoms with E-state index < -0.39 is 10.8 Å². The summed E-state index contributed by atoms with van der Waals surface area (Å²) in [7, 11) is 0. The van der Waals surface area contributed by atoms with Crippen molar-refractivity contribution < 1.29 is 18.9 Å². The molecule has 0 bridgehead atoms. The number of nitrogens with zero attached hydrogens (tertiary/aromatic N) is 4. The molecule has 2 amide bonds. The number of amides is 2. The second-order valence-electron chi connectivity index (χ2n) is 9.46. The standard InChI is InChI=1S/C30H26FN5O4/c31-25-8-1-21(2-9-25)20-34-15-17-35(18-16-34)30(38)24-7-14-28(32-19-24)29(37)33-26-10-3-22(4-11-26)23-5-12-27(13-6-23)36(39)40/h1-14,19H,15-18,20H2,(H,33,37). The zero-order valence-electron chi connectivity index (χ0n) is 21.5. The molecule has 1 aliphatic heterocycles. The number of nitrogens with one attached hydrogen (secondary N) is 1. The van der Waals surface area contributed by atoms with Crippen LogP contribution < -0.4 is 5.32 Å². The number of halogens is 1. The minimum absolute atomic E-state index is 0.0222. The molecule has 1 saturated heterocycles. The molecule has 3 aromatic carbocycles. The quantitative estimate of drug-likeness (QED) is 0.261. The third kappa shape index (κ3) is 6.36. The van der Waals surface area contributed by atoms with Crippen molar-refractivity contribution in [3.8, 4) is 11.1 Å². The minimum Gasteiger partial charge on any atom is -0.336 e. The van der Waals surface area contributed by atoms with Crippen LogP contribution in [0, 0.1) is 15.9 Å². The van der Waals surface area contributed by atoms with E-state index in [1.807, 2.05) is 12.1 Å². The number of hydrogen-bond acceptors (Lipinski definition) is 6. The van der Waals surface area contributed by atoms with Gasteiger partial charge in [-0.15, -0.1) is 0 Å². The Morgan fingerprint density at radius 3 is 2.05 bits per heavy atom. The molecule has 4 aromatic rings. The van der Waals surface area contributed by atoms with Gasteiger partial charge in [0.2, 0.25) is 0 Å². The second-order valence-corrected chi connectivity index (χ2v) is 9.46. The van der Waals surface area contributed by atoms with Crippen molar-refractivity contribution in [3.63, 3.8) is 0 Å². The largest absolute Gasteiger partial charge is 0.336 e. The number of nitro benzene ring substituents is 1. The van der Waals surface area contributed by atoms with Crippen LogP contribution in [0.25, 0.3) is 11.1 Å². The maximum atomic E-state index is 13.1. The number of piperazine rings is 1. The number of carbonyl (C=O) groups excluding carboxylic acids is 2. The van der Waals surface area contributed by atoms with E-state index in [0.29, 0.717) is 44.0 Å². The summed E-state index contributed by atoms with van der Waals surface area (Å²) in [6.07, 6.45) is 1.42. The van der Waals surface area contributed by atoms with E-state index in [4.69, 9.17) is 0 Å². The topological polar surface area (TPSA) is 109 Å². The highest BCUT2D eigenvalue weighted by atomic mass is 19.1. The fraction of sp³-hybridized carbons (Fsp3) is 0.167. The van der Waals surface area contributed by atoms with Crippen LogP contribution in [0.3, 0.4) is 0 Å². The third-order valence-electron chi connectivity index (χ3n) is 6.78. The molecule has 0 spiro atoms. The normalized spacial score (nSPS) is 13.6. The van der Waals surface area contributed by atoms with Crippen LogP contribution in [0.5, 0.6) is 0 Å². The molecule has 2 heterocycles. The Labute approximate surface area is 230 Å². The van der Waals surface area contributed by atoms with Gasteiger partial charge in [-0.3, -0.25) is 29.6 Å². The van der Waals surface area contributed by atoms with Gasteiger partial charge in [0.25, 0.3) is 17.5 Å². The zero-order valence-corrected chi connectivity index (χ0v) is 21.5. The van der Waals surface area contributed by atoms with E-state index in [1.54, 1.807) is 47.4 Å². The third-order valence-corrected chi connectivity index (χ3v) is 6.78. The smallest absolute Gasteiger partial charge is 0.274 e. The monoisotopic (exact) mass is 539 g/mol. The van der Waals surface area contributed by atoms with Crippen LogP contribution >= 0.6 is 0 Å². The van der Waals surface area contributed by atoms with Crippen LogP contribution in [0.15, 0.2) is 91.1 Å². The highest BCUT2D eigenvalue weighted by Crippen LogP contribution is 2.24. The Balaban J connectivity index is 1.13. The summed E-state index contributed by atoms with van der Waals surface area (Å²) in [5, 5.41) is 13.6. The van der Waals surface area contributed by atoms with Crippen molar-refractivity contribution in [2.24, 2.45) is 0 Å². The van der Waals surface area contributed by atoms with Crippen LogP contribution in [0.1, 0.15) is 26.4 Å². The van der Waals surface area contributed by atoms with Crippen molar-refractivity contribution in [3.05, 3.63) is 124 Å². The number of anilines is 1. The molecule has 1 fully saturated rings. The lowest BCUT2D eigenvalue weighted by atomic mass is 10.1. The van der Waals surface area contributed by atoms with E-state index in [9.17, 15) is 24.1 Å². The van der Waals surface area contributed by atoms with Crippen LogP contribution in [0.2, 0.25) is 0 Å². The molecule has 0 saturated carbocycles. The number of aromatic nitrogens is 1. The summed E-state index contributed by atoms with van der Waals surface area (Å²) in [6, 6.07) is 22.9. The van der Waals surface area contributed by atoms with E-state index in [-0.39, 0.29) is 23.1 Å². The minimum atomic E-state index is -0.446. The number of rotatable bonds is 7. The van der Waals surface area contributed by atoms with Gasteiger partial charge in [-0.2, -0.15) is 0 Å². The number of benzene rings is 3. The predicted octanol–water partition coefficient (Wildman–Crippen LogP) is 5.01. The Morgan fingerprint density at radius 2 is 1.48 bits per heavy atom. The fourth-order valence-electron chi connectivity index (χ4n) is 4.51. The second kappa shape index (κ2) is 11.8. The maximum Gasteiger partial charge on any atom is 0.274 e. The molecule has 9 nitrogen and oxygen atoms in total. The van der Waals surface area contributed by atoms with Gasteiger partial charge in [-0.05, 0) is 65.2 Å². The average Bonchev–Trinajstić information content (AvgIpc) is 2.99. The lowest BCUT2D eigenvalue weighted by Crippen LogP contribution is -2.48. The molecule has 0 unspecified atom stereocenters. The van der Waals surface area contributed by atoms with Gasteiger partial charge in [0.05, 0.1) is 10.5 Å². The highest BCUT2D eigenvalue weighted by Gasteiger charge is 2.23. The number of hydrogen-bond donors (Lipinski definition) is 1. The molecule has 40 heavy (non-hydrogen) atoms. The van der Waals surface area contributed by atoms with Gasteiger partial charge >= 0.3 is 0 Å². The maximum absolute atomic E-state index is 13.1. The van der Waals surface area contributed by atoms with Crippen LogP contribution in [-0.4, -0.2) is 57.7 Å². The lowest BCUT2D eigenvalue weighted by Gasteiger charge is -2.34. The first-order valence-corrected chi connectivity index (χ1v) is 12.7. The first-order chi connectivity index (χ1) is 19.4. The molecule has 202 valence electrons. The highest BCUT2D eigenvalue weighted by molar-refractivity contribution is 6.03. The summed E-state index contributed by atoms with van der Waals surface area (Å²) in [4.78, 5) is 44.3. The SMILES string of the molecule is O=C(Nc1ccc(-c2ccc([N+](=O)[O-])cc2)cc1)c1ccc(C(=O)N2CCN(Cc3ccc(F)cc3)CC2)cn1. The van der Waals surface area contributed by atoms with Gasteiger partial charge < -0.3 is 10.2 Å². The van der Waals surface area contributed by atoms with Crippen LogP contribution in [0.4, 0.5) is 15.8 Å². The molecule has 1 aliphatic rings. The Kier molecular flexibility index (Phi) is 7.88. The molecular formula is C30H26FN5O4. The molecule has 0 atom stereocenters. The molecule has 0 radical (unpaired) electrons. The van der Waals surface area contributed by atoms with Gasteiger partial charge in [-0.1, -0.05) is 24.3 Å². The summed E-state index contributed by atoms with van der Waals surface area (Å²) >= 11 is 0. The summed E-state index contributed by atoms with van der Waals surface area (Å²) in [6.45, 7) is 3.25. The Morgan fingerprint density at radius 1 is 0.850 bits per heavy atom. The molecule has 1 aromatic heterocycles. The predicted molar refractivity (Wildman–Crippen MR) is 148 cm³/mol. The number of pyridine rings is 1. The van der Waals surface area contributed by atoms with Gasteiger partial charge in [0.15, 0.2) is 0 Å². The zero-order chi connectivity index (χ0) is 28.1. The van der Waals surface area contributed by atoms with Crippen LogP contribution in [-0.2, 0) is 6.54 Å². The van der Waals surface area contributed by atoms with Gasteiger partial charge in [-0.25, -0.2) is 4.39 Å². The Hall–Kier alpha value is -4.96. The average molecular weight is 540 g/mol. The number of nitro groups is 1. The van der Waals surface area contributed by atoms with Gasteiger partial charge in [0, 0.05) is 56.7 Å². The molecule has 5 rings (SSSR count). The van der Waals surface area contributed by atoms with E-state index in [1.165, 1.54) is 36.5 Å².